The molecule has 2 rings (SSSR count). The highest BCUT2D eigenvalue weighted by molar-refractivity contribution is 5.85. The molecule has 19 heavy (non-hydrogen) atoms. The van der Waals surface area contributed by atoms with Crippen LogP contribution in [-0.4, -0.2) is 48.0 Å². The van der Waals surface area contributed by atoms with Gasteiger partial charge in [0.15, 0.2) is 5.43 Å². The Balaban J connectivity index is 0.00000162. The third-order valence-electron chi connectivity index (χ3n) is 3.59. The van der Waals surface area contributed by atoms with Crippen LogP contribution in [0.1, 0.15) is 16.8 Å². The van der Waals surface area contributed by atoms with Crippen LogP contribution in [0.2, 0.25) is 0 Å². The first kappa shape index (κ1) is 18.4. The summed E-state index contributed by atoms with van der Waals surface area (Å²) in [5.74, 6) is 0. The van der Waals surface area contributed by atoms with Crippen molar-refractivity contribution in [2.45, 2.75) is 20.4 Å². The van der Waals surface area contributed by atoms with Crippen molar-refractivity contribution < 1.29 is 0 Å². The van der Waals surface area contributed by atoms with Gasteiger partial charge in [-0.15, -0.1) is 24.8 Å². The number of hydrogen-bond acceptors (Lipinski definition) is 3. The van der Waals surface area contributed by atoms with E-state index in [0.717, 1.165) is 49.5 Å². The van der Waals surface area contributed by atoms with Crippen LogP contribution in [0.25, 0.3) is 0 Å². The highest BCUT2D eigenvalue weighted by Crippen LogP contribution is 2.08. The predicted octanol–water partition coefficient (Wildman–Crippen LogP) is 1.58. The minimum atomic E-state index is 0. The number of aromatic nitrogens is 1. The van der Waals surface area contributed by atoms with Crippen LogP contribution in [-0.2, 0) is 6.54 Å². The zero-order chi connectivity index (χ0) is 12.4. The van der Waals surface area contributed by atoms with Crippen molar-refractivity contribution in [2.75, 3.05) is 33.2 Å². The van der Waals surface area contributed by atoms with Gasteiger partial charge in [-0.1, -0.05) is 0 Å². The van der Waals surface area contributed by atoms with Crippen LogP contribution in [0.15, 0.2) is 11.0 Å². The zero-order valence-electron chi connectivity index (χ0n) is 11.7. The number of nitrogens with one attached hydrogen (secondary N) is 1. The third-order valence-corrected chi connectivity index (χ3v) is 3.59. The fourth-order valence-electron chi connectivity index (χ4n) is 2.20. The Morgan fingerprint density at radius 3 is 2.32 bits per heavy atom. The third kappa shape index (κ3) is 4.49. The van der Waals surface area contributed by atoms with Gasteiger partial charge >= 0.3 is 0 Å². The molecule has 0 spiro atoms. The zero-order valence-corrected chi connectivity index (χ0v) is 13.4. The molecule has 0 unspecified atom stereocenters. The number of likely N-dealkylation sites (N-methyl/N-ethyl adjacent to an activating group) is 1. The monoisotopic (exact) mass is 307 g/mol. The fourth-order valence-corrected chi connectivity index (χ4v) is 2.20. The molecule has 1 aromatic rings. The van der Waals surface area contributed by atoms with Crippen molar-refractivity contribution in [2.24, 2.45) is 0 Å². The van der Waals surface area contributed by atoms with Crippen LogP contribution < -0.4 is 5.43 Å². The molecule has 110 valence electrons. The van der Waals surface area contributed by atoms with Crippen molar-refractivity contribution in [1.29, 1.82) is 0 Å². The Morgan fingerprint density at radius 1 is 1.16 bits per heavy atom. The van der Waals surface area contributed by atoms with Crippen LogP contribution >= 0.6 is 24.8 Å². The lowest BCUT2D eigenvalue weighted by molar-refractivity contribution is 0.146. The van der Waals surface area contributed by atoms with Crippen molar-refractivity contribution in [3.05, 3.63) is 33.2 Å². The Bertz CT molecular complexity index is 454. The number of halogens is 2. The number of H-pyrrole nitrogens is 1. The van der Waals surface area contributed by atoms with Gasteiger partial charge in [0.2, 0.25) is 0 Å². The van der Waals surface area contributed by atoms with Crippen LogP contribution in [0.3, 0.4) is 0 Å². The van der Waals surface area contributed by atoms with Gasteiger partial charge < -0.3 is 9.88 Å². The van der Waals surface area contributed by atoms with Crippen molar-refractivity contribution in [1.82, 2.24) is 14.8 Å². The molecule has 4 nitrogen and oxygen atoms in total. The fraction of sp³-hybridized carbons (Fsp3) is 0.615. The molecular formula is C13H23Cl2N3O. The molecule has 0 atom stereocenters. The van der Waals surface area contributed by atoms with E-state index in [-0.39, 0.29) is 30.2 Å². The second-order valence-corrected chi connectivity index (χ2v) is 4.98. The Kier molecular flexibility index (Phi) is 7.67. The van der Waals surface area contributed by atoms with E-state index in [1.807, 2.05) is 20.0 Å². The maximum absolute atomic E-state index is 11.8. The molecule has 1 aromatic heterocycles. The second kappa shape index (κ2) is 7.90. The van der Waals surface area contributed by atoms with E-state index in [9.17, 15) is 4.79 Å². The largest absolute Gasteiger partial charge is 0.363 e. The standard InChI is InChI=1S/C13H21N3O.2ClH/c1-10-8-14-12(11(2)13(10)17)9-16-6-4-15(3)5-7-16;;/h8H,4-7,9H2,1-3H3,(H,14,17);2*1H. The van der Waals surface area contributed by atoms with Crippen molar-refractivity contribution in [3.8, 4) is 0 Å². The highest BCUT2D eigenvalue weighted by atomic mass is 35.5. The summed E-state index contributed by atoms with van der Waals surface area (Å²) in [7, 11) is 2.15. The molecule has 1 saturated heterocycles. The molecule has 6 heteroatoms. The summed E-state index contributed by atoms with van der Waals surface area (Å²) in [6, 6.07) is 0. The SMILES string of the molecule is Cc1c[nH]c(CN2CCN(C)CC2)c(C)c1=O.Cl.Cl. The van der Waals surface area contributed by atoms with Gasteiger partial charge in [-0.2, -0.15) is 0 Å². The predicted molar refractivity (Wildman–Crippen MR) is 83.8 cm³/mol. The highest BCUT2D eigenvalue weighted by Gasteiger charge is 2.15. The maximum atomic E-state index is 11.8. The van der Waals surface area contributed by atoms with E-state index in [1.165, 1.54) is 0 Å². The van der Waals surface area contributed by atoms with E-state index in [1.54, 1.807) is 0 Å². The number of pyridine rings is 1. The molecule has 0 aliphatic carbocycles. The summed E-state index contributed by atoms with van der Waals surface area (Å²) in [5, 5.41) is 0. The first-order chi connectivity index (χ1) is 8.08. The number of nitrogens with zero attached hydrogens (tertiary/aromatic N) is 2. The number of hydrogen-bond donors (Lipinski definition) is 1. The summed E-state index contributed by atoms with van der Waals surface area (Å²) in [5.41, 5.74) is 2.89. The lowest BCUT2D eigenvalue weighted by Crippen LogP contribution is -2.44. The van der Waals surface area contributed by atoms with Gasteiger partial charge in [-0.05, 0) is 20.9 Å². The number of aromatic amines is 1. The van der Waals surface area contributed by atoms with E-state index < -0.39 is 0 Å². The normalized spacial score (nSPS) is 16.6. The lowest BCUT2D eigenvalue weighted by Gasteiger charge is -2.32. The molecule has 1 fully saturated rings. The number of piperazine rings is 1. The smallest absolute Gasteiger partial charge is 0.187 e. The Hall–Kier alpha value is -0.550. The summed E-state index contributed by atoms with van der Waals surface area (Å²) >= 11 is 0. The summed E-state index contributed by atoms with van der Waals surface area (Å²) < 4.78 is 0. The van der Waals surface area contributed by atoms with Gasteiger partial charge in [0.25, 0.3) is 0 Å². The molecule has 0 bridgehead atoms. The average molecular weight is 308 g/mol. The van der Waals surface area contributed by atoms with Crippen LogP contribution in [0.4, 0.5) is 0 Å². The molecule has 2 heterocycles. The summed E-state index contributed by atoms with van der Waals surface area (Å²) in [4.78, 5) is 19.8. The van der Waals surface area contributed by atoms with Crippen molar-refractivity contribution >= 4 is 24.8 Å². The van der Waals surface area contributed by atoms with Crippen molar-refractivity contribution in [3.63, 3.8) is 0 Å². The van der Waals surface area contributed by atoms with E-state index >= 15 is 0 Å². The molecular weight excluding hydrogens is 285 g/mol. The molecule has 0 saturated carbocycles. The Labute approximate surface area is 127 Å². The van der Waals surface area contributed by atoms with E-state index in [4.69, 9.17) is 0 Å². The number of aryl methyl sites for hydroxylation is 1. The van der Waals surface area contributed by atoms with Crippen LogP contribution in [0.5, 0.6) is 0 Å². The molecule has 0 radical (unpaired) electrons. The summed E-state index contributed by atoms with van der Waals surface area (Å²) in [6.45, 7) is 8.99. The van der Waals surface area contributed by atoms with Gasteiger partial charge in [0, 0.05) is 55.7 Å². The Morgan fingerprint density at radius 2 is 1.74 bits per heavy atom. The van der Waals surface area contributed by atoms with Gasteiger partial charge in [-0.3, -0.25) is 9.69 Å². The van der Waals surface area contributed by atoms with Gasteiger partial charge in [-0.25, -0.2) is 0 Å². The van der Waals surface area contributed by atoms with E-state index in [0.29, 0.717) is 0 Å². The maximum Gasteiger partial charge on any atom is 0.187 e. The first-order valence-corrected chi connectivity index (χ1v) is 6.16. The van der Waals surface area contributed by atoms with Gasteiger partial charge in [0.05, 0.1) is 0 Å². The second-order valence-electron chi connectivity index (χ2n) is 4.98. The number of rotatable bonds is 2. The molecule has 1 aliphatic heterocycles. The minimum absolute atomic E-state index is 0. The molecule has 0 aromatic carbocycles. The lowest BCUT2D eigenvalue weighted by atomic mass is 10.1. The topological polar surface area (TPSA) is 39.3 Å². The van der Waals surface area contributed by atoms with E-state index in [2.05, 4.69) is 21.8 Å². The average Bonchev–Trinajstić information content (AvgIpc) is 2.33. The minimum Gasteiger partial charge on any atom is -0.363 e. The molecule has 1 N–H and O–H groups in total. The first-order valence-electron chi connectivity index (χ1n) is 6.16. The summed E-state index contributed by atoms with van der Waals surface area (Å²) in [6.07, 6.45) is 1.82. The van der Waals surface area contributed by atoms with Crippen LogP contribution in [0, 0.1) is 13.8 Å². The molecule has 1 aliphatic rings. The van der Waals surface area contributed by atoms with Gasteiger partial charge in [0.1, 0.15) is 0 Å². The molecule has 0 amide bonds. The quantitative estimate of drug-likeness (QED) is 0.902.